The molecule has 1 amide bonds. The van der Waals surface area contributed by atoms with Gasteiger partial charge in [0.25, 0.3) is 5.91 Å². The zero-order valence-electron chi connectivity index (χ0n) is 14.2. The van der Waals surface area contributed by atoms with E-state index in [1.54, 1.807) is 19.3 Å². The van der Waals surface area contributed by atoms with Gasteiger partial charge in [-0.2, -0.15) is 0 Å². The minimum atomic E-state index is -0.549. The lowest BCUT2D eigenvalue weighted by Gasteiger charge is -2.20. The third-order valence-corrected chi connectivity index (χ3v) is 3.59. The number of carbonyl (C=O) groups excluding carboxylic acids is 1. The van der Waals surface area contributed by atoms with Gasteiger partial charge in [0.1, 0.15) is 5.75 Å². The van der Waals surface area contributed by atoms with Crippen molar-refractivity contribution in [2.75, 3.05) is 0 Å². The van der Waals surface area contributed by atoms with Crippen LogP contribution in [0.15, 0.2) is 48.8 Å². The second-order valence-corrected chi connectivity index (χ2v) is 6.61. The largest absolute Gasteiger partial charge is 0.481 e. The number of aromatic nitrogens is 1. The van der Waals surface area contributed by atoms with Gasteiger partial charge in [-0.1, -0.05) is 39.0 Å². The molecule has 4 heteroatoms. The van der Waals surface area contributed by atoms with Crippen molar-refractivity contribution in [2.45, 2.75) is 45.8 Å². The molecule has 0 saturated heterocycles. The van der Waals surface area contributed by atoms with Gasteiger partial charge in [-0.25, -0.2) is 0 Å². The summed E-state index contributed by atoms with van der Waals surface area (Å²) in [5.41, 5.74) is 2.30. The highest BCUT2D eigenvalue weighted by molar-refractivity contribution is 5.80. The predicted molar refractivity (Wildman–Crippen MR) is 91.3 cm³/mol. The van der Waals surface area contributed by atoms with Crippen LogP contribution in [-0.4, -0.2) is 17.0 Å². The molecule has 23 heavy (non-hydrogen) atoms. The molecular weight excluding hydrogens is 288 g/mol. The highest BCUT2D eigenvalue weighted by Gasteiger charge is 2.16. The molecule has 0 aliphatic rings. The summed E-state index contributed by atoms with van der Waals surface area (Å²) in [6.45, 7) is 8.69. The average Bonchev–Trinajstić information content (AvgIpc) is 2.53. The summed E-state index contributed by atoms with van der Waals surface area (Å²) >= 11 is 0. The number of nitrogens with one attached hydrogen (secondary N) is 1. The number of carbonyl (C=O) groups is 1. The van der Waals surface area contributed by atoms with E-state index >= 15 is 0 Å². The monoisotopic (exact) mass is 312 g/mol. The lowest BCUT2D eigenvalue weighted by atomic mass is 9.87. The van der Waals surface area contributed by atoms with E-state index in [0.29, 0.717) is 12.3 Å². The number of hydrogen-bond donors (Lipinski definition) is 1. The van der Waals surface area contributed by atoms with Crippen molar-refractivity contribution in [3.05, 3.63) is 59.9 Å². The summed E-state index contributed by atoms with van der Waals surface area (Å²) in [4.78, 5) is 16.1. The number of hydrogen-bond acceptors (Lipinski definition) is 3. The molecule has 1 atom stereocenters. The van der Waals surface area contributed by atoms with Gasteiger partial charge in [0.2, 0.25) is 0 Å². The molecule has 2 aromatic rings. The van der Waals surface area contributed by atoms with Crippen molar-refractivity contribution < 1.29 is 9.53 Å². The van der Waals surface area contributed by atoms with Crippen LogP contribution in [0.25, 0.3) is 0 Å². The van der Waals surface area contributed by atoms with E-state index in [4.69, 9.17) is 4.74 Å². The van der Waals surface area contributed by atoms with Crippen molar-refractivity contribution in [3.8, 4) is 5.75 Å². The third-order valence-electron chi connectivity index (χ3n) is 3.59. The van der Waals surface area contributed by atoms with E-state index in [2.05, 4.69) is 31.1 Å². The van der Waals surface area contributed by atoms with Crippen LogP contribution in [0, 0.1) is 0 Å². The topological polar surface area (TPSA) is 51.2 Å². The van der Waals surface area contributed by atoms with E-state index in [0.717, 1.165) is 5.56 Å². The third kappa shape index (κ3) is 5.09. The summed E-state index contributed by atoms with van der Waals surface area (Å²) in [6, 6.07) is 11.7. The van der Waals surface area contributed by atoms with Crippen molar-refractivity contribution in [1.29, 1.82) is 0 Å². The van der Waals surface area contributed by atoms with Gasteiger partial charge >= 0.3 is 0 Å². The quantitative estimate of drug-likeness (QED) is 0.920. The Morgan fingerprint density at radius 2 is 1.91 bits per heavy atom. The Morgan fingerprint density at radius 3 is 2.48 bits per heavy atom. The Hall–Kier alpha value is -2.36. The van der Waals surface area contributed by atoms with Crippen molar-refractivity contribution in [1.82, 2.24) is 10.3 Å². The van der Waals surface area contributed by atoms with Crippen LogP contribution in [-0.2, 0) is 16.8 Å². The van der Waals surface area contributed by atoms with Gasteiger partial charge in [-0.05, 0) is 41.7 Å². The van der Waals surface area contributed by atoms with Crippen molar-refractivity contribution in [2.24, 2.45) is 0 Å². The Balaban J connectivity index is 1.88. The summed E-state index contributed by atoms with van der Waals surface area (Å²) in [5, 5.41) is 2.85. The minimum absolute atomic E-state index is 0.102. The summed E-state index contributed by atoms with van der Waals surface area (Å²) in [6.07, 6.45) is 2.89. The second kappa shape index (κ2) is 7.27. The molecule has 1 N–H and O–H groups in total. The molecule has 4 nitrogen and oxygen atoms in total. The van der Waals surface area contributed by atoms with Crippen LogP contribution in [0.2, 0.25) is 0 Å². The summed E-state index contributed by atoms with van der Waals surface area (Å²) in [7, 11) is 0. The maximum absolute atomic E-state index is 12.1. The smallest absolute Gasteiger partial charge is 0.261 e. The maximum Gasteiger partial charge on any atom is 0.261 e. The fourth-order valence-electron chi connectivity index (χ4n) is 2.13. The Labute approximate surface area is 137 Å². The fraction of sp³-hybridized carbons (Fsp3) is 0.368. The van der Waals surface area contributed by atoms with Crippen molar-refractivity contribution >= 4 is 5.91 Å². The lowest BCUT2D eigenvalue weighted by Crippen LogP contribution is -2.35. The van der Waals surface area contributed by atoms with E-state index in [9.17, 15) is 4.79 Å². The number of pyridine rings is 1. The first kappa shape index (κ1) is 17.0. The van der Waals surface area contributed by atoms with Crippen LogP contribution < -0.4 is 10.1 Å². The lowest BCUT2D eigenvalue weighted by molar-refractivity contribution is -0.127. The first-order valence-corrected chi connectivity index (χ1v) is 7.80. The van der Waals surface area contributed by atoms with Gasteiger partial charge in [0, 0.05) is 18.9 Å². The van der Waals surface area contributed by atoms with Crippen LogP contribution >= 0.6 is 0 Å². The molecule has 1 aromatic carbocycles. The molecule has 0 radical (unpaired) electrons. The Kier molecular flexibility index (Phi) is 5.37. The zero-order chi connectivity index (χ0) is 16.9. The number of benzene rings is 1. The SMILES string of the molecule is C[C@H](Oc1ccc(C(C)(C)C)cc1)C(=O)NCc1cccnc1. The number of amides is 1. The molecule has 0 spiro atoms. The van der Waals surface area contributed by atoms with Crippen LogP contribution in [0.5, 0.6) is 5.75 Å². The molecule has 0 aliphatic carbocycles. The van der Waals surface area contributed by atoms with Gasteiger partial charge in [-0.15, -0.1) is 0 Å². The number of ether oxygens (including phenoxy) is 1. The second-order valence-electron chi connectivity index (χ2n) is 6.61. The minimum Gasteiger partial charge on any atom is -0.481 e. The predicted octanol–water partition coefficient (Wildman–Crippen LogP) is 3.46. The molecule has 0 fully saturated rings. The first-order chi connectivity index (χ1) is 10.9. The van der Waals surface area contributed by atoms with E-state index in [1.165, 1.54) is 5.56 Å². The van der Waals surface area contributed by atoms with E-state index < -0.39 is 6.10 Å². The average molecular weight is 312 g/mol. The maximum atomic E-state index is 12.1. The molecule has 0 aliphatic heterocycles. The van der Waals surface area contributed by atoms with Crippen LogP contribution in [0.1, 0.15) is 38.8 Å². The van der Waals surface area contributed by atoms with Gasteiger partial charge in [-0.3, -0.25) is 9.78 Å². The molecule has 0 saturated carbocycles. The van der Waals surface area contributed by atoms with Crippen LogP contribution in [0.3, 0.4) is 0 Å². The summed E-state index contributed by atoms with van der Waals surface area (Å²) in [5.74, 6) is 0.552. The number of rotatable bonds is 5. The first-order valence-electron chi connectivity index (χ1n) is 7.80. The van der Waals surface area contributed by atoms with Gasteiger partial charge < -0.3 is 10.1 Å². The molecule has 0 unspecified atom stereocenters. The Bertz CT molecular complexity index is 631. The Morgan fingerprint density at radius 1 is 1.22 bits per heavy atom. The number of nitrogens with zero attached hydrogens (tertiary/aromatic N) is 1. The highest BCUT2D eigenvalue weighted by Crippen LogP contribution is 2.24. The standard InChI is InChI=1S/C19H24N2O2/c1-14(18(22)21-13-15-6-5-11-20-12-15)23-17-9-7-16(8-10-17)19(2,3)4/h5-12,14H,13H2,1-4H3,(H,21,22)/t14-/m0/s1. The van der Waals surface area contributed by atoms with Gasteiger partial charge in [0.15, 0.2) is 6.10 Å². The van der Waals surface area contributed by atoms with E-state index in [-0.39, 0.29) is 11.3 Å². The molecular formula is C19H24N2O2. The highest BCUT2D eigenvalue weighted by atomic mass is 16.5. The molecule has 0 bridgehead atoms. The molecule has 1 aromatic heterocycles. The van der Waals surface area contributed by atoms with Gasteiger partial charge in [0.05, 0.1) is 0 Å². The molecule has 2 rings (SSSR count). The zero-order valence-corrected chi connectivity index (χ0v) is 14.2. The van der Waals surface area contributed by atoms with Crippen LogP contribution in [0.4, 0.5) is 0 Å². The van der Waals surface area contributed by atoms with Crippen molar-refractivity contribution in [3.63, 3.8) is 0 Å². The fourth-order valence-corrected chi connectivity index (χ4v) is 2.13. The summed E-state index contributed by atoms with van der Waals surface area (Å²) < 4.78 is 5.70. The van der Waals surface area contributed by atoms with E-state index in [1.807, 2.05) is 36.4 Å². The molecule has 1 heterocycles. The molecule has 122 valence electrons. The normalized spacial score (nSPS) is 12.5.